The number of hydrogen-bond acceptors (Lipinski definition) is 2. The highest BCUT2D eigenvalue weighted by Crippen LogP contribution is 2.53. The minimum atomic E-state index is -0.355. The zero-order chi connectivity index (χ0) is 15.7. The third-order valence-electron chi connectivity index (χ3n) is 4.31. The molecule has 0 unspecified atom stereocenters. The maximum Gasteiger partial charge on any atom is 0.0617 e. The van der Waals surface area contributed by atoms with Gasteiger partial charge in [-0.25, -0.2) is 0 Å². The number of ether oxygens (including phenoxy) is 1. The molecule has 0 bridgehead atoms. The molecule has 0 atom stereocenters. The highest BCUT2D eigenvalue weighted by Gasteiger charge is 2.45. The number of nitrogens with one attached hydrogen (secondary N) is 1. The first-order chi connectivity index (χ1) is 10.7. The van der Waals surface area contributed by atoms with Crippen molar-refractivity contribution in [1.82, 2.24) is 5.32 Å². The van der Waals surface area contributed by atoms with Gasteiger partial charge in [0.15, 0.2) is 0 Å². The molecule has 2 aromatic carbocycles. The number of benzene rings is 2. The maximum atomic E-state index is 6.58. The summed E-state index contributed by atoms with van der Waals surface area (Å²) in [6.45, 7) is 3.94. The predicted molar refractivity (Wildman–Crippen MR) is 93.1 cm³/mol. The summed E-state index contributed by atoms with van der Waals surface area (Å²) in [5.41, 5.74) is 4.18. The van der Waals surface area contributed by atoms with Crippen LogP contribution < -0.4 is 5.32 Å². The molecule has 116 valence electrons. The van der Waals surface area contributed by atoms with Gasteiger partial charge in [0.05, 0.1) is 12.0 Å². The Balaban J connectivity index is 2.33. The van der Waals surface area contributed by atoms with Crippen molar-refractivity contribution in [3.63, 3.8) is 0 Å². The predicted octanol–water partition coefficient (Wildman–Crippen LogP) is 4.52. The summed E-state index contributed by atoms with van der Waals surface area (Å²) in [5, 5.41) is 4.83. The zero-order valence-corrected chi connectivity index (χ0v) is 14.3. The van der Waals surface area contributed by atoms with Gasteiger partial charge in [-0.15, -0.1) is 0 Å². The molecular formula is C18H19Cl2NO. The van der Waals surface area contributed by atoms with Crippen molar-refractivity contribution in [1.29, 1.82) is 0 Å². The highest BCUT2D eigenvalue weighted by molar-refractivity contribution is 6.34. The Bertz CT molecular complexity index is 648. The van der Waals surface area contributed by atoms with Crippen molar-refractivity contribution in [2.45, 2.75) is 12.3 Å². The lowest BCUT2D eigenvalue weighted by atomic mass is 9.78. The van der Waals surface area contributed by atoms with Crippen molar-refractivity contribution in [2.75, 3.05) is 26.8 Å². The van der Waals surface area contributed by atoms with Crippen molar-refractivity contribution >= 4 is 23.2 Å². The van der Waals surface area contributed by atoms with Crippen LogP contribution in [0.3, 0.4) is 0 Å². The summed E-state index contributed by atoms with van der Waals surface area (Å²) in [6, 6.07) is 12.1. The Morgan fingerprint density at radius 3 is 2.00 bits per heavy atom. The van der Waals surface area contributed by atoms with E-state index in [-0.39, 0.29) is 5.41 Å². The lowest BCUT2D eigenvalue weighted by Crippen LogP contribution is -2.41. The van der Waals surface area contributed by atoms with Crippen LogP contribution in [0.25, 0.3) is 11.1 Å². The molecule has 0 saturated heterocycles. The molecule has 0 fully saturated rings. The average molecular weight is 336 g/mol. The largest absolute Gasteiger partial charge is 0.380 e. The van der Waals surface area contributed by atoms with E-state index in [2.05, 4.69) is 17.4 Å². The Hall–Kier alpha value is -1.06. The molecule has 0 saturated carbocycles. The molecule has 1 aliphatic rings. The molecule has 0 spiro atoms. The Labute approximate surface area is 141 Å². The third kappa shape index (κ3) is 2.26. The summed E-state index contributed by atoms with van der Waals surface area (Å²) in [7, 11) is 1.94. The minimum Gasteiger partial charge on any atom is -0.380 e. The Kier molecular flexibility index (Phi) is 4.47. The van der Waals surface area contributed by atoms with Gasteiger partial charge in [0.25, 0.3) is 0 Å². The molecule has 0 radical (unpaired) electrons. The van der Waals surface area contributed by atoms with E-state index in [1.807, 2.05) is 38.2 Å². The molecule has 0 aromatic heterocycles. The standard InChI is InChI=1S/C18H19Cl2NO/c1-3-22-11-18(10-21-2)16-12(6-4-8-14(16)19)13-7-5-9-15(20)17(13)18/h4-9,21H,3,10-11H2,1-2H3. The quantitative estimate of drug-likeness (QED) is 0.867. The number of likely N-dealkylation sites (N-methyl/N-ethyl adjacent to an activating group) is 1. The maximum absolute atomic E-state index is 6.58. The van der Waals surface area contributed by atoms with E-state index >= 15 is 0 Å². The van der Waals surface area contributed by atoms with Crippen LogP contribution in [-0.2, 0) is 10.2 Å². The van der Waals surface area contributed by atoms with E-state index in [1.165, 1.54) is 0 Å². The van der Waals surface area contributed by atoms with Gasteiger partial charge >= 0.3 is 0 Å². The molecule has 1 aliphatic carbocycles. The van der Waals surface area contributed by atoms with Crippen LogP contribution in [0.5, 0.6) is 0 Å². The Morgan fingerprint density at radius 1 is 1.00 bits per heavy atom. The second kappa shape index (κ2) is 6.21. The number of rotatable bonds is 5. The van der Waals surface area contributed by atoms with Gasteiger partial charge in [-0.1, -0.05) is 47.5 Å². The summed E-state index contributed by atoms with van der Waals surface area (Å²) >= 11 is 13.2. The molecule has 3 rings (SSSR count). The molecule has 4 heteroatoms. The summed E-state index contributed by atoms with van der Waals surface area (Å²) < 4.78 is 5.84. The molecule has 22 heavy (non-hydrogen) atoms. The highest BCUT2D eigenvalue weighted by atomic mass is 35.5. The number of fused-ring (bicyclic) bond motifs is 3. The van der Waals surface area contributed by atoms with Gasteiger partial charge in [0.1, 0.15) is 0 Å². The summed E-state index contributed by atoms with van der Waals surface area (Å²) in [5.74, 6) is 0. The number of hydrogen-bond donors (Lipinski definition) is 1. The second-order valence-corrected chi connectivity index (χ2v) is 6.39. The van der Waals surface area contributed by atoms with Crippen LogP contribution >= 0.6 is 23.2 Å². The van der Waals surface area contributed by atoms with E-state index in [0.717, 1.165) is 38.8 Å². The monoisotopic (exact) mass is 335 g/mol. The van der Waals surface area contributed by atoms with Gasteiger partial charge in [0, 0.05) is 23.2 Å². The molecule has 2 nitrogen and oxygen atoms in total. The fourth-order valence-electron chi connectivity index (χ4n) is 3.55. The molecule has 0 heterocycles. The average Bonchev–Trinajstić information content (AvgIpc) is 2.79. The smallest absolute Gasteiger partial charge is 0.0617 e. The van der Waals surface area contributed by atoms with Crippen LogP contribution in [0.4, 0.5) is 0 Å². The van der Waals surface area contributed by atoms with E-state index in [4.69, 9.17) is 27.9 Å². The van der Waals surface area contributed by atoms with Gasteiger partial charge in [0.2, 0.25) is 0 Å². The van der Waals surface area contributed by atoms with Crippen LogP contribution in [0.2, 0.25) is 10.0 Å². The summed E-state index contributed by atoms with van der Waals surface area (Å²) in [4.78, 5) is 0. The molecule has 2 aromatic rings. The first kappa shape index (κ1) is 15.8. The van der Waals surface area contributed by atoms with Crippen molar-refractivity contribution in [2.24, 2.45) is 0 Å². The molecule has 0 amide bonds. The Morgan fingerprint density at radius 2 is 1.55 bits per heavy atom. The first-order valence-electron chi connectivity index (χ1n) is 7.46. The molecular weight excluding hydrogens is 317 g/mol. The zero-order valence-electron chi connectivity index (χ0n) is 12.7. The lowest BCUT2D eigenvalue weighted by molar-refractivity contribution is 0.108. The normalized spacial score (nSPS) is 14.7. The van der Waals surface area contributed by atoms with Gasteiger partial charge in [-0.2, -0.15) is 0 Å². The third-order valence-corrected chi connectivity index (χ3v) is 4.94. The van der Waals surface area contributed by atoms with E-state index in [0.29, 0.717) is 13.2 Å². The lowest BCUT2D eigenvalue weighted by Gasteiger charge is -2.32. The van der Waals surface area contributed by atoms with E-state index < -0.39 is 0 Å². The van der Waals surface area contributed by atoms with Gasteiger partial charge < -0.3 is 10.1 Å². The van der Waals surface area contributed by atoms with Crippen LogP contribution in [-0.4, -0.2) is 26.8 Å². The second-order valence-electron chi connectivity index (χ2n) is 5.57. The number of halogens is 2. The fraction of sp³-hybridized carbons (Fsp3) is 0.333. The molecule has 0 aliphatic heterocycles. The molecule has 1 N–H and O–H groups in total. The SMILES string of the molecule is CCOCC1(CNC)c2c(Cl)cccc2-c2cccc(Cl)c21. The first-order valence-corrected chi connectivity index (χ1v) is 8.22. The minimum absolute atomic E-state index is 0.355. The van der Waals surface area contributed by atoms with Crippen LogP contribution in [0.15, 0.2) is 36.4 Å². The van der Waals surface area contributed by atoms with Crippen molar-refractivity contribution in [3.05, 3.63) is 57.6 Å². The summed E-state index contributed by atoms with van der Waals surface area (Å²) in [6.07, 6.45) is 0. The fourth-order valence-corrected chi connectivity index (χ4v) is 4.26. The van der Waals surface area contributed by atoms with Crippen LogP contribution in [0, 0.1) is 0 Å². The van der Waals surface area contributed by atoms with Gasteiger partial charge in [-0.05, 0) is 48.4 Å². The van der Waals surface area contributed by atoms with Crippen molar-refractivity contribution < 1.29 is 4.74 Å². The van der Waals surface area contributed by atoms with Crippen LogP contribution in [0.1, 0.15) is 18.1 Å². The van der Waals surface area contributed by atoms with Gasteiger partial charge in [-0.3, -0.25) is 0 Å². The van der Waals surface area contributed by atoms with E-state index in [1.54, 1.807) is 0 Å². The van der Waals surface area contributed by atoms with E-state index in [9.17, 15) is 0 Å². The van der Waals surface area contributed by atoms with Crippen molar-refractivity contribution in [3.8, 4) is 11.1 Å². The topological polar surface area (TPSA) is 21.3 Å².